The highest BCUT2D eigenvalue weighted by molar-refractivity contribution is 7.09. The van der Waals surface area contributed by atoms with Crippen molar-refractivity contribution in [1.29, 1.82) is 0 Å². The summed E-state index contributed by atoms with van der Waals surface area (Å²) < 4.78 is 5.70. The number of thiazole rings is 1. The molecule has 2 aromatic rings. The number of carboxylic acids is 1. The molecule has 3 N–H and O–H groups in total. The highest BCUT2D eigenvalue weighted by Crippen LogP contribution is 2.55. The normalized spacial score (nSPS) is 17.4. The smallest absolute Gasteiger partial charge is 0.314 e. The van der Waals surface area contributed by atoms with E-state index in [2.05, 4.69) is 20.6 Å². The Kier molecular flexibility index (Phi) is 11.0. The zero-order chi connectivity index (χ0) is 34.6. The molecule has 4 atom stereocenters. The van der Waals surface area contributed by atoms with Crippen LogP contribution in [0, 0.1) is 17.3 Å². The summed E-state index contributed by atoms with van der Waals surface area (Å²) in [5.74, 6) is -2.82. The van der Waals surface area contributed by atoms with Crippen LogP contribution in [-0.4, -0.2) is 68.8 Å². The number of pyridine rings is 1. The second-order valence-corrected chi connectivity index (χ2v) is 13.6. The third-order valence-corrected chi connectivity index (χ3v) is 10.2. The van der Waals surface area contributed by atoms with Crippen LogP contribution < -0.4 is 10.6 Å². The molecule has 47 heavy (non-hydrogen) atoms. The molecule has 3 aliphatic carbocycles. The maximum atomic E-state index is 14.0. The molecule has 0 unspecified atom stereocenters. The molecule has 12 nitrogen and oxygen atoms in total. The molecule has 1 fully saturated rings. The summed E-state index contributed by atoms with van der Waals surface area (Å²) in [6.07, 6.45) is 3.97. The summed E-state index contributed by atoms with van der Waals surface area (Å²) in [5.41, 5.74) is 1.62. The zero-order valence-corrected chi connectivity index (χ0v) is 28.6. The van der Waals surface area contributed by atoms with Crippen LogP contribution in [0.1, 0.15) is 99.3 Å². The average Bonchev–Trinajstić information content (AvgIpc) is 3.50. The van der Waals surface area contributed by atoms with Gasteiger partial charge >= 0.3 is 11.9 Å². The Morgan fingerprint density at radius 1 is 1.11 bits per heavy atom. The molecule has 2 heterocycles. The van der Waals surface area contributed by atoms with Crippen LogP contribution in [0.25, 0.3) is 0 Å². The van der Waals surface area contributed by atoms with Crippen molar-refractivity contribution >= 4 is 41.0 Å². The number of amides is 3. The number of aromatic nitrogens is 2. The van der Waals surface area contributed by atoms with E-state index < -0.39 is 47.4 Å². The minimum absolute atomic E-state index is 0.0658. The summed E-state index contributed by atoms with van der Waals surface area (Å²) in [6.45, 7) is 10.8. The van der Waals surface area contributed by atoms with Crippen molar-refractivity contribution < 1.29 is 33.8 Å². The predicted octanol–water partition coefficient (Wildman–Crippen LogP) is 4.67. The lowest BCUT2D eigenvalue weighted by atomic mass is 9.58. The Hall–Kier alpha value is -4.39. The second kappa shape index (κ2) is 14.6. The molecular weight excluding hydrogens is 622 g/mol. The molecule has 0 aromatic carbocycles. The van der Waals surface area contributed by atoms with Gasteiger partial charge in [0.15, 0.2) is 6.10 Å². The molecule has 252 valence electrons. The van der Waals surface area contributed by atoms with Gasteiger partial charge in [0.25, 0.3) is 11.8 Å². The standard InChI is InChI=1S/C34H43N5O7S/c1-8-19(4)28(38-29(41)23-11-9-10-12-35-23)32(43)39(7)26(18(2)3)14-27(46-21(6)40)31-37-25(17-47-31)30(42)36-24-13-20(5)34(33(44)45)15-22(24)16-34/h9-13,17-19,26-28H,8,14-16H2,1-7H3,(H,36,42)(H,38,41)(H,44,45)/t19-,26+,27+,28-/m0/s1. The van der Waals surface area contributed by atoms with Gasteiger partial charge in [-0.1, -0.05) is 45.8 Å². The molecule has 5 rings (SSSR count). The molecule has 3 amide bonds. The van der Waals surface area contributed by atoms with Crippen LogP contribution in [0.2, 0.25) is 0 Å². The fraction of sp³-hybridized carbons (Fsp3) is 0.500. The lowest BCUT2D eigenvalue weighted by molar-refractivity contribution is -0.150. The number of carbonyl (C=O) groups is 5. The Morgan fingerprint density at radius 3 is 2.36 bits per heavy atom. The van der Waals surface area contributed by atoms with Crippen molar-refractivity contribution in [3.05, 3.63) is 69.1 Å². The van der Waals surface area contributed by atoms with Gasteiger partial charge in [0.05, 0.1) is 5.41 Å². The van der Waals surface area contributed by atoms with E-state index >= 15 is 0 Å². The Labute approximate surface area is 278 Å². The molecule has 3 aliphatic rings. The quantitative estimate of drug-likeness (QED) is 0.243. The zero-order valence-electron chi connectivity index (χ0n) is 27.8. The number of hydrogen-bond donors (Lipinski definition) is 3. The molecule has 0 saturated heterocycles. The first-order chi connectivity index (χ1) is 22.2. The number of nitrogens with zero attached hydrogens (tertiary/aromatic N) is 3. The fourth-order valence-electron chi connectivity index (χ4n) is 6.05. The number of hydrogen-bond acceptors (Lipinski definition) is 9. The molecule has 0 radical (unpaired) electrons. The summed E-state index contributed by atoms with van der Waals surface area (Å²) >= 11 is 1.17. The largest absolute Gasteiger partial charge is 0.481 e. The summed E-state index contributed by atoms with van der Waals surface area (Å²) in [5, 5.41) is 17.4. The van der Waals surface area contributed by atoms with Crippen molar-refractivity contribution in [3.63, 3.8) is 0 Å². The molecule has 2 aromatic heterocycles. The summed E-state index contributed by atoms with van der Waals surface area (Å²) in [6, 6.07) is 3.77. The van der Waals surface area contributed by atoms with E-state index in [0.29, 0.717) is 35.5 Å². The number of rotatable bonds is 14. The van der Waals surface area contributed by atoms with Crippen molar-refractivity contribution in [1.82, 2.24) is 25.5 Å². The van der Waals surface area contributed by atoms with E-state index in [-0.39, 0.29) is 35.6 Å². The first kappa shape index (κ1) is 35.5. The predicted molar refractivity (Wildman–Crippen MR) is 175 cm³/mol. The molecule has 0 spiro atoms. The van der Waals surface area contributed by atoms with Crippen LogP contribution in [0.4, 0.5) is 0 Å². The third kappa shape index (κ3) is 7.61. The minimum Gasteiger partial charge on any atom is -0.481 e. The first-order valence-corrected chi connectivity index (χ1v) is 16.6. The number of esters is 1. The average molecular weight is 666 g/mol. The number of allylic oxidation sites excluding steroid dienone is 2. The van der Waals surface area contributed by atoms with Gasteiger partial charge in [-0.05, 0) is 55.4 Å². The summed E-state index contributed by atoms with van der Waals surface area (Å²) in [7, 11) is 1.68. The highest BCUT2D eigenvalue weighted by atomic mass is 32.1. The number of carbonyl (C=O) groups excluding carboxylic acids is 4. The summed E-state index contributed by atoms with van der Waals surface area (Å²) in [4.78, 5) is 74.3. The maximum absolute atomic E-state index is 14.0. The van der Waals surface area contributed by atoms with Crippen molar-refractivity contribution in [2.24, 2.45) is 17.3 Å². The molecule has 13 heteroatoms. The molecule has 0 aliphatic heterocycles. The van der Waals surface area contributed by atoms with Gasteiger partial charge in [0, 0.05) is 43.7 Å². The maximum Gasteiger partial charge on any atom is 0.314 e. The van der Waals surface area contributed by atoms with E-state index in [1.165, 1.54) is 24.5 Å². The number of nitrogens with one attached hydrogen (secondary N) is 2. The number of fused-ring (bicyclic) bond motifs is 1. The highest BCUT2D eigenvalue weighted by Gasteiger charge is 2.52. The molecule has 1 saturated carbocycles. The third-order valence-electron chi connectivity index (χ3n) is 9.26. The van der Waals surface area contributed by atoms with Crippen molar-refractivity contribution in [3.8, 4) is 0 Å². The van der Waals surface area contributed by atoms with E-state index in [4.69, 9.17) is 4.74 Å². The SMILES string of the molecule is CC[C@H](C)[C@H](NC(=O)c1ccccn1)C(=O)N(C)[C@H](C[C@@H](OC(C)=O)c1nc(C(=O)NC2=C3CC(C(=O)O)(C3)C(C)=C2)cs1)C(C)C. The molecular formula is C34H43N5O7S. The van der Waals surface area contributed by atoms with Crippen molar-refractivity contribution in [2.75, 3.05) is 7.05 Å². The van der Waals surface area contributed by atoms with Crippen LogP contribution in [0.15, 0.2) is 52.7 Å². The fourth-order valence-corrected chi connectivity index (χ4v) is 6.89. The van der Waals surface area contributed by atoms with E-state index in [9.17, 15) is 29.1 Å². The van der Waals surface area contributed by atoms with Crippen LogP contribution in [0.5, 0.6) is 0 Å². The number of ether oxygens (including phenoxy) is 1. The van der Waals surface area contributed by atoms with E-state index in [1.54, 1.807) is 48.5 Å². The van der Waals surface area contributed by atoms with Gasteiger partial charge in [-0.2, -0.15) is 0 Å². The van der Waals surface area contributed by atoms with Gasteiger partial charge in [0.1, 0.15) is 22.4 Å². The number of aliphatic carboxylic acids is 1. The van der Waals surface area contributed by atoms with E-state index in [0.717, 1.165) is 5.57 Å². The monoisotopic (exact) mass is 665 g/mol. The topological polar surface area (TPSA) is 168 Å². The van der Waals surface area contributed by atoms with Crippen LogP contribution in [0.3, 0.4) is 0 Å². The lowest BCUT2D eigenvalue weighted by Crippen LogP contribution is -2.54. The van der Waals surface area contributed by atoms with Gasteiger partial charge in [-0.3, -0.25) is 29.0 Å². The second-order valence-electron chi connectivity index (χ2n) is 12.8. The van der Waals surface area contributed by atoms with Gasteiger partial charge in [0.2, 0.25) is 5.91 Å². The molecule has 2 bridgehead atoms. The Morgan fingerprint density at radius 2 is 1.81 bits per heavy atom. The number of carboxylic acid groups (broad SMARTS) is 1. The lowest BCUT2D eigenvalue weighted by Gasteiger charge is -2.45. The Bertz CT molecular complexity index is 1590. The Balaban J connectivity index is 1.51. The van der Waals surface area contributed by atoms with Gasteiger partial charge < -0.3 is 25.4 Å². The number of likely N-dealkylation sites (N-methyl/N-ethyl adjacent to an activating group) is 1. The van der Waals surface area contributed by atoms with E-state index in [1.807, 2.05) is 27.7 Å². The minimum atomic E-state index is -0.880. The van der Waals surface area contributed by atoms with Gasteiger partial charge in [-0.25, -0.2) is 4.98 Å². The van der Waals surface area contributed by atoms with Crippen molar-refractivity contribution in [2.45, 2.75) is 85.4 Å². The van der Waals surface area contributed by atoms with Crippen LogP contribution >= 0.6 is 11.3 Å². The van der Waals surface area contributed by atoms with Crippen LogP contribution in [-0.2, 0) is 19.1 Å². The van der Waals surface area contributed by atoms with Gasteiger partial charge in [-0.15, -0.1) is 11.3 Å². The first-order valence-electron chi connectivity index (χ1n) is 15.7.